The molecule has 218 valence electrons. The Bertz CT molecular complexity index is 896. The number of allylic oxidation sites excluding steroid dienone is 5. The van der Waals surface area contributed by atoms with Gasteiger partial charge in [0.2, 0.25) is 23.6 Å². The van der Waals surface area contributed by atoms with Gasteiger partial charge in [0.05, 0.1) is 12.2 Å². The number of aliphatic hydroxyl groups excluding tert-OH is 2. The molecule has 0 aliphatic carbocycles. The molecule has 5 unspecified atom stereocenters. The second kappa shape index (κ2) is 19.8. The Morgan fingerprint density at radius 1 is 1.13 bits per heavy atom. The lowest BCUT2D eigenvalue weighted by atomic mass is 10.0. The third kappa shape index (κ3) is 15.7. The monoisotopic (exact) mass is 546 g/mol. The van der Waals surface area contributed by atoms with Crippen LogP contribution < -0.4 is 21.3 Å². The summed E-state index contributed by atoms with van der Waals surface area (Å²) in [6.45, 7) is 5.40. The molecule has 0 fully saturated rings. The average Bonchev–Trinajstić information content (AvgIpc) is 2.88. The van der Waals surface area contributed by atoms with E-state index in [2.05, 4.69) is 40.3 Å². The average molecular weight is 547 g/mol. The van der Waals surface area contributed by atoms with Crippen LogP contribution >= 0.6 is 0 Å². The molecule has 10 heteroatoms. The van der Waals surface area contributed by atoms with Crippen molar-refractivity contribution in [3.8, 4) is 0 Å². The minimum Gasteiger partial charge on any atom is -0.393 e. The minimum atomic E-state index is -1.31. The minimum absolute atomic E-state index is 0.108. The normalized spacial score (nSPS) is 23.5. The van der Waals surface area contributed by atoms with Gasteiger partial charge in [0.15, 0.2) is 0 Å². The Morgan fingerprint density at radius 3 is 2.56 bits per heavy atom. The summed E-state index contributed by atoms with van der Waals surface area (Å²) in [5.74, 6) is -2.23. The van der Waals surface area contributed by atoms with Gasteiger partial charge in [-0.3, -0.25) is 19.2 Å². The number of nitrogens with one attached hydrogen (secondary N) is 4. The molecule has 0 aromatic carbocycles. The first-order valence-electron chi connectivity index (χ1n) is 13.9. The fourth-order valence-electron chi connectivity index (χ4n) is 3.77. The van der Waals surface area contributed by atoms with E-state index in [0.29, 0.717) is 0 Å². The highest BCUT2D eigenvalue weighted by Crippen LogP contribution is 2.07. The molecular formula is C29H46N4O6. The molecule has 0 saturated carbocycles. The molecule has 0 saturated heterocycles. The summed E-state index contributed by atoms with van der Waals surface area (Å²) in [6, 6.07) is -2.94. The summed E-state index contributed by atoms with van der Waals surface area (Å²) in [7, 11) is 0. The second-order valence-electron chi connectivity index (χ2n) is 9.75. The second-order valence-corrected chi connectivity index (χ2v) is 9.75. The van der Waals surface area contributed by atoms with Gasteiger partial charge in [-0.2, -0.15) is 0 Å². The number of carbonyl (C=O) groups is 4. The molecule has 0 spiro atoms. The third-order valence-electron chi connectivity index (χ3n) is 6.02. The van der Waals surface area contributed by atoms with Crippen LogP contribution in [0.25, 0.3) is 0 Å². The molecule has 4 amide bonds. The van der Waals surface area contributed by atoms with E-state index in [-0.39, 0.29) is 25.3 Å². The molecule has 0 aromatic rings. The molecule has 5 atom stereocenters. The number of hydrogen-bond acceptors (Lipinski definition) is 6. The molecule has 1 heterocycles. The fourth-order valence-corrected chi connectivity index (χ4v) is 3.77. The van der Waals surface area contributed by atoms with Crippen molar-refractivity contribution in [3.63, 3.8) is 0 Å². The predicted molar refractivity (Wildman–Crippen MR) is 151 cm³/mol. The lowest BCUT2D eigenvalue weighted by Crippen LogP contribution is -2.58. The molecule has 0 radical (unpaired) electrons. The summed E-state index contributed by atoms with van der Waals surface area (Å²) in [5, 5.41) is 30.8. The number of rotatable bonds is 13. The van der Waals surface area contributed by atoms with Crippen LogP contribution in [0, 0.1) is 0 Å². The first-order chi connectivity index (χ1) is 18.6. The largest absolute Gasteiger partial charge is 0.393 e. The Kier molecular flexibility index (Phi) is 17.1. The number of hydrogen-bond donors (Lipinski definition) is 6. The molecule has 0 aromatic heterocycles. The van der Waals surface area contributed by atoms with Crippen LogP contribution in [0.5, 0.6) is 0 Å². The van der Waals surface area contributed by atoms with Gasteiger partial charge in [-0.15, -0.1) is 0 Å². The lowest BCUT2D eigenvalue weighted by molar-refractivity contribution is -0.134. The lowest BCUT2D eigenvalue weighted by Gasteiger charge is -2.26. The molecule has 0 bridgehead atoms. The molecule has 1 rings (SSSR count). The van der Waals surface area contributed by atoms with E-state index < -0.39 is 48.1 Å². The van der Waals surface area contributed by atoms with Gasteiger partial charge < -0.3 is 31.5 Å². The van der Waals surface area contributed by atoms with Crippen LogP contribution in [-0.2, 0) is 19.2 Å². The van der Waals surface area contributed by atoms with Crippen molar-refractivity contribution >= 4 is 23.6 Å². The van der Waals surface area contributed by atoms with Crippen LogP contribution in [0.1, 0.15) is 72.1 Å². The first-order valence-corrected chi connectivity index (χ1v) is 13.9. The number of aliphatic hydroxyl groups is 2. The van der Waals surface area contributed by atoms with Gasteiger partial charge in [-0.25, -0.2) is 0 Å². The highest BCUT2D eigenvalue weighted by atomic mass is 16.3. The summed E-state index contributed by atoms with van der Waals surface area (Å²) in [4.78, 5) is 49.8. The van der Waals surface area contributed by atoms with Crippen LogP contribution in [0.15, 0.2) is 48.6 Å². The summed E-state index contributed by atoms with van der Waals surface area (Å²) in [6.07, 6.45) is 18.0. The van der Waals surface area contributed by atoms with E-state index in [1.54, 1.807) is 19.1 Å². The zero-order valence-corrected chi connectivity index (χ0v) is 23.4. The topological polar surface area (TPSA) is 157 Å². The number of unbranched alkanes of at least 4 members (excludes halogenated alkanes) is 4. The predicted octanol–water partition coefficient (Wildman–Crippen LogP) is 1.70. The van der Waals surface area contributed by atoms with Crippen molar-refractivity contribution in [2.24, 2.45) is 0 Å². The third-order valence-corrected chi connectivity index (χ3v) is 6.02. The van der Waals surface area contributed by atoms with Crippen LogP contribution in [0.3, 0.4) is 0 Å². The van der Waals surface area contributed by atoms with Crippen LogP contribution in [-0.4, -0.2) is 70.7 Å². The van der Waals surface area contributed by atoms with Crippen LogP contribution in [0.4, 0.5) is 0 Å². The van der Waals surface area contributed by atoms with E-state index in [9.17, 15) is 29.4 Å². The van der Waals surface area contributed by atoms with E-state index in [1.165, 1.54) is 44.4 Å². The zero-order chi connectivity index (χ0) is 29.0. The summed E-state index contributed by atoms with van der Waals surface area (Å²) < 4.78 is 0. The number of carbonyl (C=O) groups excluding carboxylic acids is 4. The van der Waals surface area contributed by atoms with Crippen molar-refractivity contribution in [2.75, 3.05) is 6.54 Å². The van der Waals surface area contributed by atoms with E-state index in [1.807, 2.05) is 6.08 Å². The Hall–Kier alpha value is -3.24. The standard InChI is InChI=1S/C29H46N4O6/c1-4-5-6-7-8-9-10-11-12-13-14-15-26(37)33-27(22(3)34)29(39)32-24-20-23(35)18-19-30-25(36)17-16-21(2)31-28(24)38/h8-9,12-17,21-24,27,34-35H,4-7,10-11,18-20H2,1-3H3,(H,30,36)(H,31,38)(H,32,39)(H,33,37)/b9-8+,13-12+,15-14+,17-16-. The van der Waals surface area contributed by atoms with Gasteiger partial charge in [0, 0.05) is 31.2 Å². The molecular weight excluding hydrogens is 500 g/mol. The fraction of sp³-hybridized carbons (Fsp3) is 0.586. The molecule has 10 nitrogen and oxygen atoms in total. The van der Waals surface area contributed by atoms with Crippen molar-refractivity contribution in [1.29, 1.82) is 0 Å². The Balaban J connectivity index is 2.68. The van der Waals surface area contributed by atoms with Crippen LogP contribution in [0.2, 0.25) is 0 Å². The SMILES string of the molecule is CCCCC/C=C/CC/C=C/C=C/C(=O)NC(C(=O)NC1CC(O)CCNC(=O)/C=C\C(C)NC1=O)C(C)O. The molecule has 1 aliphatic heterocycles. The summed E-state index contributed by atoms with van der Waals surface area (Å²) in [5.41, 5.74) is 0. The van der Waals surface area contributed by atoms with E-state index >= 15 is 0 Å². The highest BCUT2D eigenvalue weighted by molar-refractivity contribution is 5.95. The maximum atomic E-state index is 12.9. The zero-order valence-electron chi connectivity index (χ0n) is 23.4. The first kappa shape index (κ1) is 33.8. The van der Waals surface area contributed by atoms with Gasteiger partial charge >= 0.3 is 0 Å². The molecule has 39 heavy (non-hydrogen) atoms. The van der Waals surface area contributed by atoms with Gasteiger partial charge in [-0.05, 0) is 46.0 Å². The quantitative estimate of drug-likeness (QED) is 0.0893. The number of amides is 4. The smallest absolute Gasteiger partial charge is 0.245 e. The van der Waals surface area contributed by atoms with Crippen molar-refractivity contribution < 1.29 is 29.4 Å². The highest BCUT2D eigenvalue weighted by Gasteiger charge is 2.31. The Labute approximate surface area is 232 Å². The van der Waals surface area contributed by atoms with E-state index in [4.69, 9.17) is 0 Å². The Morgan fingerprint density at radius 2 is 1.85 bits per heavy atom. The molecule has 1 aliphatic rings. The van der Waals surface area contributed by atoms with Gasteiger partial charge in [0.25, 0.3) is 0 Å². The molecule has 6 N–H and O–H groups in total. The maximum absolute atomic E-state index is 12.9. The summed E-state index contributed by atoms with van der Waals surface area (Å²) >= 11 is 0. The maximum Gasteiger partial charge on any atom is 0.245 e. The van der Waals surface area contributed by atoms with Gasteiger partial charge in [-0.1, -0.05) is 56.2 Å². The van der Waals surface area contributed by atoms with Crippen molar-refractivity contribution in [3.05, 3.63) is 48.6 Å². The van der Waals surface area contributed by atoms with Crippen molar-refractivity contribution in [2.45, 2.75) is 102 Å². The van der Waals surface area contributed by atoms with Gasteiger partial charge in [0.1, 0.15) is 12.1 Å². The van der Waals surface area contributed by atoms with E-state index in [0.717, 1.165) is 19.3 Å². The van der Waals surface area contributed by atoms with Crippen molar-refractivity contribution in [1.82, 2.24) is 21.3 Å².